The maximum atomic E-state index is 12.0. The number of aliphatic carboxylic acids is 1. The van der Waals surface area contributed by atoms with Crippen LogP contribution in [0.15, 0.2) is 12.2 Å². The molecule has 4 heteroatoms. The van der Waals surface area contributed by atoms with Gasteiger partial charge in [0, 0.05) is 12.0 Å². The zero-order chi connectivity index (χ0) is 12.4. The maximum absolute atomic E-state index is 12.0. The van der Waals surface area contributed by atoms with Crippen molar-refractivity contribution >= 4 is 11.9 Å². The largest absolute Gasteiger partial charge is 0.481 e. The minimum atomic E-state index is -0.813. The molecule has 0 aliphatic heterocycles. The van der Waals surface area contributed by atoms with Gasteiger partial charge in [0.05, 0.1) is 5.92 Å². The van der Waals surface area contributed by atoms with Crippen LogP contribution in [-0.2, 0) is 9.59 Å². The summed E-state index contributed by atoms with van der Waals surface area (Å²) in [6.07, 6.45) is 7.17. The lowest BCUT2D eigenvalue weighted by Gasteiger charge is -2.18. The van der Waals surface area contributed by atoms with Crippen LogP contribution in [0.2, 0.25) is 0 Å². The Kier molecular flexibility index (Phi) is 3.50. The van der Waals surface area contributed by atoms with Crippen molar-refractivity contribution in [3.63, 3.8) is 0 Å². The van der Waals surface area contributed by atoms with E-state index in [4.69, 9.17) is 5.11 Å². The Labute approximate surface area is 101 Å². The monoisotopic (exact) mass is 237 g/mol. The molecule has 0 spiro atoms. The zero-order valence-electron chi connectivity index (χ0n) is 10.1. The number of hydrogen-bond donors (Lipinski definition) is 2. The van der Waals surface area contributed by atoms with Crippen molar-refractivity contribution in [2.45, 2.75) is 38.6 Å². The van der Waals surface area contributed by atoms with Crippen molar-refractivity contribution in [1.29, 1.82) is 0 Å². The van der Waals surface area contributed by atoms with E-state index in [2.05, 4.69) is 12.2 Å². The second kappa shape index (κ2) is 4.90. The summed E-state index contributed by atoms with van der Waals surface area (Å²) in [6, 6.07) is -0.101. The summed E-state index contributed by atoms with van der Waals surface area (Å²) in [5.74, 6) is -0.591. The molecular formula is C13H19NO3. The van der Waals surface area contributed by atoms with E-state index in [1.165, 1.54) is 0 Å². The van der Waals surface area contributed by atoms with Gasteiger partial charge in [0.2, 0.25) is 5.91 Å². The molecule has 0 bridgehead atoms. The summed E-state index contributed by atoms with van der Waals surface area (Å²) in [5, 5.41) is 11.8. The first-order chi connectivity index (χ1) is 8.08. The predicted octanol–water partition coefficient (Wildman–Crippen LogP) is 1.57. The fraction of sp³-hybridized carbons (Fsp3) is 0.692. The van der Waals surface area contributed by atoms with Gasteiger partial charge in [-0.2, -0.15) is 0 Å². The number of carbonyl (C=O) groups excluding carboxylic acids is 1. The van der Waals surface area contributed by atoms with Gasteiger partial charge in [-0.3, -0.25) is 9.59 Å². The first-order valence-electron chi connectivity index (χ1n) is 6.29. The lowest BCUT2D eigenvalue weighted by atomic mass is 9.97. The van der Waals surface area contributed by atoms with Gasteiger partial charge in [-0.15, -0.1) is 0 Å². The third-order valence-electron chi connectivity index (χ3n) is 3.93. The van der Waals surface area contributed by atoms with Gasteiger partial charge in [0.25, 0.3) is 0 Å². The summed E-state index contributed by atoms with van der Waals surface area (Å²) in [7, 11) is 0. The highest BCUT2D eigenvalue weighted by Crippen LogP contribution is 2.31. The first-order valence-corrected chi connectivity index (χ1v) is 6.29. The van der Waals surface area contributed by atoms with Crippen molar-refractivity contribution in [2.24, 2.45) is 17.8 Å². The first kappa shape index (κ1) is 12.1. The Morgan fingerprint density at radius 2 is 2.06 bits per heavy atom. The summed E-state index contributed by atoms with van der Waals surface area (Å²) >= 11 is 0. The maximum Gasteiger partial charge on any atom is 0.310 e. The molecule has 1 fully saturated rings. The molecule has 2 aliphatic carbocycles. The number of rotatable bonds is 3. The van der Waals surface area contributed by atoms with E-state index in [0.717, 1.165) is 19.3 Å². The van der Waals surface area contributed by atoms with Crippen LogP contribution < -0.4 is 5.32 Å². The molecule has 1 saturated carbocycles. The minimum absolute atomic E-state index is 0.0932. The highest BCUT2D eigenvalue weighted by molar-refractivity contribution is 5.80. The van der Waals surface area contributed by atoms with Crippen molar-refractivity contribution < 1.29 is 14.7 Å². The zero-order valence-corrected chi connectivity index (χ0v) is 10.1. The highest BCUT2D eigenvalue weighted by atomic mass is 16.4. The van der Waals surface area contributed by atoms with E-state index in [9.17, 15) is 9.59 Å². The standard InChI is InChI=1S/C13H19NO3/c1-8-3-2-4-11(8)12(15)14-10-6-5-9(7-10)13(16)17/h5-6,8-11H,2-4,7H2,1H3,(H,14,15)(H,16,17). The Hall–Kier alpha value is -1.32. The number of hydrogen-bond acceptors (Lipinski definition) is 2. The predicted molar refractivity (Wildman–Crippen MR) is 63.3 cm³/mol. The molecular weight excluding hydrogens is 218 g/mol. The number of carbonyl (C=O) groups is 2. The average Bonchev–Trinajstić information content (AvgIpc) is 2.86. The molecule has 0 aromatic carbocycles. The van der Waals surface area contributed by atoms with E-state index in [1.54, 1.807) is 12.2 Å². The average molecular weight is 237 g/mol. The van der Waals surface area contributed by atoms with Crippen molar-refractivity contribution in [3.8, 4) is 0 Å². The molecule has 94 valence electrons. The quantitative estimate of drug-likeness (QED) is 0.732. The van der Waals surface area contributed by atoms with Gasteiger partial charge in [-0.25, -0.2) is 0 Å². The molecule has 2 rings (SSSR count). The van der Waals surface area contributed by atoms with Crippen LogP contribution in [0.3, 0.4) is 0 Å². The van der Waals surface area contributed by atoms with Crippen LogP contribution in [-0.4, -0.2) is 23.0 Å². The molecule has 2 N–H and O–H groups in total. The van der Waals surface area contributed by atoms with Crippen molar-refractivity contribution in [3.05, 3.63) is 12.2 Å². The molecule has 0 aromatic heterocycles. The lowest BCUT2D eigenvalue weighted by Crippen LogP contribution is -2.38. The second-order valence-corrected chi connectivity index (χ2v) is 5.20. The molecule has 0 radical (unpaired) electrons. The number of nitrogens with one attached hydrogen (secondary N) is 1. The van der Waals surface area contributed by atoms with Crippen LogP contribution in [0.25, 0.3) is 0 Å². The van der Waals surface area contributed by atoms with Crippen LogP contribution in [0.1, 0.15) is 32.6 Å². The molecule has 0 aromatic rings. The Morgan fingerprint density at radius 3 is 2.59 bits per heavy atom. The van der Waals surface area contributed by atoms with Gasteiger partial charge in [-0.1, -0.05) is 25.5 Å². The van der Waals surface area contributed by atoms with Crippen molar-refractivity contribution in [2.75, 3.05) is 0 Å². The Morgan fingerprint density at radius 1 is 1.29 bits per heavy atom. The summed E-state index contributed by atoms with van der Waals surface area (Å²) in [5.41, 5.74) is 0. The van der Waals surface area contributed by atoms with E-state index in [-0.39, 0.29) is 17.9 Å². The Bertz CT molecular complexity index is 351. The molecule has 4 nitrogen and oxygen atoms in total. The Balaban J connectivity index is 1.84. The van der Waals surface area contributed by atoms with Crippen molar-refractivity contribution in [1.82, 2.24) is 5.32 Å². The second-order valence-electron chi connectivity index (χ2n) is 5.20. The molecule has 17 heavy (non-hydrogen) atoms. The lowest BCUT2D eigenvalue weighted by molar-refractivity contribution is -0.140. The van der Waals surface area contributed by atoms with Crippen LogP contribution in [0, 0.1) is 17.8 Å². The van der Waals surface area contributed by atoms with E-state index in [0.29, 0.717) is 12.3 Å². The van der Waals surface area contributed by atoms with Crippen LogP contribution >= 0.6 is 0 Å². The van der Waals surface area contributed by atoms with Gasteiger partial charge in [0.1, 0.15) is 0 Å². The topological polar surface area (TPSA) is 66.4 Å². The molecule has 0 heterocycles. The third-order valence-corrected chi connectivity index (χ3v) is 3.93. The molecule has 2 aliphatic rings. The van der Waals surface area contributed by atoms with Crippen LogP contribution in [0.5, 0.6) is 0 Å². The molecule has 4 atom stereocenters. The molecule has 1 amide bonds. The molecule has 4 unspecified atom stereocenters. The number of carboxylic acid groups (broad SMARTS) is 1. The molecule has 0 saturated heterocycles. The smallest absolute Gasteiger partial charge is 0.310 e. The number of amides is 1. The number of carboxylic acids is 1. The van der Waals surface area contributed by atoms with Gasteiger partial charge < -0.3 is 10.4 Å². The summed E-state index contributed by atoms with van der Waals surface area (Å²) in [6.45, 7) is 2.11. The van der Waals surface area contributed by atoms with Crippen LogP contribution in [0.4, 0.5) is 0 Å². The van der Waals surface area contributed by atoms with Gasteiger partial charge in [-0.05, 0) is 25.2 Å². The van der Waals surface area contributed by atoms with Gasteiger partial charge in [0.15, 0.2) is 0 Å². The van der Waals surface area contributed by atoms with E-state index >= 15 is 0 Å². The third kappa shape index (κ3) is 2.68. The summed E-state index contributed by atoms with van der Waals surface area (Å²) in [4.78, 5) is 22.8. The van der Waals surface area contributed by atoms with E-state index in [1.807, 2.05) is 0 Å². The summed E-state index contributed by atoms with van der Waals surface area (Å²) < 4.78 is 0. The van der Waals surface area contributed by atoms with E-state index < -0.39 is 11.9 Å². The fourth-order valence-corrected chi connectivity index (χ4v) is 2.81. The van der Waals surface area contributed by atoms with Gasteiger partial charge >= 0.3 is 5.97 Å². The minimum Gasteiger partial charge on any atom is -0.481 e. The highest BCUT2D eigenvalue weighted by Gasteiger charge is 2.32. The SMILES string of the molecule is CC1CCCC1C(=O)NC1C=CC(C(=O)O)C1. The normalized spacial score (nSPS) is 36.1. The fourth-order valence-electron chi connectivity index (χ4n) is 2.81.